The van der Waals surface area contributed by atoms with Crippen molar-refractivity contribution in [2.75, 3.05) is 23.7 Å². The number of aromatic nitrogens is 3. The molecule has 0 saturated heterocycles. The van der Waals surface area contributed by atoms with Gasteiger partial charge in [-0.3, -0.25) is 4.79 Å². The molecule has 0 unspecified atom stereocenters. The number of halogens is 1. The second-order valence-electron chi connectivity index (χ2n) is 4.55. The van der Waals surface area contributed by atoms with E-state index in [1.807, 2.05) is 13.8 Å². The largest absolute Gasteiger partial charge is 0.384 e. The molecule has 0 fully saturated rings. The molecule has 0 radical (unpaired) electrons. The topological polar surface area (TPSA) is 77.0 Å². The van der Waals surface area contributed by atoms with E-state index in [-0.39, 0.29) is 12.1 Å². The Kier molecular flexibility index (Phi) is 4.80. The predicted molar refractivity (Wildman–Crippen MR) is 84.8 cm³/mol. The number of nitrogens with zero attached hydrogens (tertiary/aromatic N) is 4. The van der Waals surface area contributed by atoms with Gasteiger partial charge in [-0.25, -0.2) is 9.67 Å². The minimum Gasteiger partial charge on any atom is -0.384 e. The van der Waals surface area contributed by atoms with Gasteiger partial charge in [0.15, 0.2) is 0 Å². The summed E-state index contributed by atoms with van der Waals surface area (Å²) in [5.74, 6) is 0.363. The Labute approximate surface area is 128 Å². The molecule has 6 nitrogen and oxygen atoms in total. The number of hydrogen-bond donors (Lipinski definition) is 1. The molecule has 0 saturated carbocycles. The van der Waals surface area contributed by atoms with Crippen molar-refractivity contribution in [1.82, 2.24) is 14.8 Å². The average Bonchev–Trinajstić information content (AvgIpc) is 2.47. The van der Waals surface area contributed by atoms with Gasteiger partial charge in [0.2, 0.25) is 0 Å². The van der Waals surface area contributed by atoms with Crippen LogP contribution in [0.3, 0.4) is 0 Å². The first-order chi connectivity index (χ1) is 10.0. The van der Waals surface area contributed by atoms with E-state index in [1.165, 1.54) is 4.68 Å². The number of pyridine rings is 1. The molecule has 2 heterocycles. The standard InChI is InChI=1S/C14H18ClN5O/c1-3-19(4-2)10-7-14(21)20(17-8-10)9-12-11(15)5-6-13(16)18-12/h5-8H,3-4,9H2,1-2H3,(H2,16,18). The van der Waals surface area contributed by atoms with Crippen LogP contribution in [-0.2, 0) is 6.54 Å². The lowest BCUT2D eigenvalue weighted by Gasteiger charge is -2.20. The van der Waals surface area contributed by atoms with Gasteiger partial charge in [-0.15, -0.1) is 0 Å². The van der Waals surface area contributed by atoms with Crippen molar-refractivity contribution < 1.29 is 0 Å². The lowest BCUT2D eigenvalue weighted by Crippen LogP contribution is -2.28. The van der Waals surface area contributed by atoms with Crippen molar-refractivity contribution in [2.45, 2.75) is 20.4 Å². The van der Waals surface area contributed by atoms with Crippen LogP contribution >= 0.6 is 11.6 Å². The quantitative estimate of drug-likeness (QED) is 0.911. The molecule has 2 aromatic heterocycles. The zero-order valence-corrected chi connectivity index (χ0v) is 12.8. The van der Waals surface area contributed by atoms with Crippen LogP contribution in [0.4, 0.5) is 11.5 Å². The molecule has 112 valence electrons. The van der Waals surface area contributed by atoms with Crippen LogP contribution in [0.5, 0.6) is 0 Å². The summed E-state index contributed by atoms with van der Waals surface area (Å²) in [6, 6.07) is 4.85. The minimum absolute atomic E-state index is 0.195. The molecule has 2 rings (SSSR count). The van der Waals surface area contributed by atoms with Crippen molar-refractivity contribution in [3.05, 3.63) is 45.5 Å². The molecule has 0 spiro atoms. The molecule has 2 aromatic rings. The van der Waals surface area contributed by atoms with Crippen LogP contribution in [-0.4, -0.2) is 27.9 Å². The van der Waals surface area contributed by atoms with E-state index in [9.17, 15) is 4.79 Å². The lowest BCUT2D eigenvalue weighted by atomic mass is 10.3. The van der Waals surface area contributed by atoms with Gasteiger partial charge in [0.25, 0.3) is 5.56 Å². The number of nitrogens with two attached hydrogens (primary N) is 1. The van der Waals surface area contributed by atoms with E-state index in [2.05, 4.69) is 15.0 Å². The van der Waals surface area contributed by atoms with Crippen molar-refractivity contribution in [2.24, 2.45) is 0 Å². The third-order valence-corrected chi connectivity index (χ3v) is 3.57. The van der Waals surface area contributed by atoms with Crippen molar-refractivity contribution in [3.8, 4) is 0 Å². The zero-order valence-electron chi connectivity index (χ0n) is 12.1. The van der Waals surface area contributed by atoms with Crippen molar-refractivity contribution >= 4 is 23.1 Å². The maximum Gasteiger partial charge on any atom is 0.269 e. The van der Waals surface area contributed by atoms with E-state index in [4.69, 9.17) is 17.3 Å². The van der Waals surface area contributed by atoms with Crippen molar-refractivity contribution in [1.29, 1.82) is 0 Å². The molecule has 0 bridgehead atoms. The zero-order chi connectivity index (χ0) is 15.4. The predicted octanol–water partition coefficient (Wildman–Crippen LogP) is 1.77. The Hall–Kier alpha value is -2.08. The van der Waals surface area contributed by atoms with E-state index in [0.717, 1.165) is 18.8 Å². The van der Waals surface area contributed by atoms with Gasteiger partial charge in [0, 0.05) is 19.2 Å². The molecule has 0 aromatic carbocycles. The van der Waals surface area contributed by atoms with Crippen LogP contribution in [0.25, 0.3) is 0 Å². The molecular formula is C14H18ClN5O. The SMILES string of the molecule is CCN(CC)c1cnn(Cc2nc(N)ccc2Cl)c(=O)c1. The molecule has 0 aliphatic rings. The first kappa shape index (κ1) is 15.3. The normalized spacial score (nSPS) is 10.6. The lowest BCUT2D eigenvalue weighted by molar-refractivity contribution is 0.626. The smallest absolute Gasteiger partial charge is 0.269 e. The van der Waals surface area contributed by atoms with Crippen LogP contribution in [0.1, 0.15) is 19.5 Å². The fourth-order valence-corrected chi connectivity index (χ4v) is 2.22. The van der Waals surface area contributed by atoms with Crippen LogP contribution in [0.15, 0.2) is 29.2 Å². The first-order valence-electron chi connectivity index (χ1n) is 6.78. The number of anilines is 2. The van der Waals surface area contributed by atoms with E-state index in [1.54, 1.807) is 24.4 Å². The molecule has 0 amide bonds. The van der Waals surface area contributed by atoms with Gasteiger partial charge in [-0.2, -0.15) is 5.10 Å². The van der Waals surface area contributed by atoms with Crippen LogP contribution < -0.4 is 16.2 Å². The molecule has 21 heavy (non-hydrogen) atoms. The van der Waals surface area contributed by atoms with E-state index < -0.39 is 0 Å². The summed E-state index contributed by atoms with van der Waals surface area (Å²) in [6.45, 7) is 5.91. The summed E-state index contributed by atoms with van der Waals surface area (Å²) < 4.78 is 1.32. The number of hydrogen-bond acceptors (Lipinski definition) is 5. The molecule has 0 aliphatic heterocycles. The molecule has 2 N–H and O–H groups in total. The molecular weight excluding hydrogens is 290 g/mol. The Morgan fingerprint density at radius 2 is 2.05 bits per heavy atom. The van der Waals surface area contributed by atoms with Gasteiger partial charge in [0.05, 0.1) is 29.1 Å². The van der Waals surface area contributed by atoms with Crippen LogP contribution in [0, 0.1) is 0 Å². The van der Waals surface area contributed by atoms with Crippen molar-refractivity contribution in [3.63, 3.8) is 0 Å². The highest BCUT2D eigenvalue weighted by Gasteiger charge is 2.09. The van der Waals surface area contributed by atoms with Gasteiger partial charge in [-0.05, 0) is 26.0 Å². The average molecular weight is 308 g/mol. The Bertz CT molecular complexity index is 681. The molecule has 7 heteroatoms. The second kappa shape index (κ2) is 6.58. The maximum absolute atomic E-state index is 12.1. The van der Waals surface area contributed by atoms with Gasteiger partial charge in [0.1, 0.15) is 5.82 Å². The monoisotopic (exact) mass is 307 g/mol. The second-order valence-corrected chi connectivity index (χ2v) is 4.95. The molecule has 0 aliphatic carbocycles. The first-order valence-corrected chi connectivity index (χ1v) is 7.16. The number of rotatable bonds is 5. The fourth-order valence-electron chi connectivity index (χ4n) is 2.06. The third-order valence-electron chi connectivity index (χ3n) is 3.22. The minimum atomic E-state index is -0.195. The summed E-state index contributed by atoms with van der Waals surface area (Å²) in [7, 11) is 0. The fraction of sp³-hybridized carbons (Fsp3) is 0.357. The summed E-state index contributed by atoms with van der Waals surface area (Å²) in [4.78, 5) is 18.3. The summed E-state index contributed by atoms with van der Waals surface area (Å²) in [5, 5.41) is 4.65. The highest BCUT2D eigenvalue weighted by atomic mass is 35.5. The highest BCUT2D eigenvalue weighted by Crippen LogP contribution is 2.16. The van der Waals surface area contributed by atoms with Gasteiger partial charge < -0.3 is 10.6 Å². The summed E-state index contributed by atoms with van der Waals surface area (Å²) in [6.07, 6.45) is 1.68. The van der Waals surface area contributed by atoms with Crippen LogP contribution in [0.2, 0.25) is 5.02 Å². The molecule has 0 atom stereocenters. The highest BCUT2D eigenvalue weighted by molar-refractivity contribution is 6.31. The Morgan fingerprint density at radius 1 is 1.33 bits per heavy atom. The Morgan fingerprint density at radius 3 is 2.67 bits per heavy atom. The van der Waals surface area contributed by atoms with E-state index in [0.29, 0.717) is 16.5 Å². The summed E-state index contributed by atoms with van der Waals surface area (Å²) >= 11 is 6.06. The third kappa shape index (κ3) is 3.52. The summed E-state index contributed by atoms with van der Waals surface area (Å²) in [5.41, 5.74) is 6.78. The maximum atomic E-state index is 12.1. The Balaban J connectivity index is 2.30. The van der Waals surface area contributed by atoms with Gasteiger partial charge >= 0.3 is 0 Å². The number of nitrogen functional groups attached to an aromatic ring is 1. The van der Waals surface area contributed by atoms with E-state index >= 15 is 0 Å². The van der Waals surface area contributed by atoms with Gasteiger partial charge in [-0.1, -0.05) is 11.6 Å².